The van der Waals surface area contributed by atoms with E-state index in [9.17, 15) is 14.7 Å². The number of ketones is 1. The fourth-order valence-electron chi connectivity index (χ4n) is 1.60. The van der Waals surface area contributed by atoms with Gasteiger partial charge < -0.3 is 10.4 Å². The van der Waals surface area contributed by atoms with Gasteiger partial charge in [0, 0.05) is 19.4 Å². The molecule has 0 radical (unpaired) electrons. The number of aliphatic hydroxyl groups is 1. The maximum Gasteiger partial charge on any atom is 0.287 e. The summed E-state index contributed by atoms with van der Waals surface area (Å²) in [5.74, 6) is -0.908. The van der Waals surface area contributed by atoms with Crippen LogP contribution in [-0.2, 0) is 9.59 Å². The highest BCUT2D eigenvalue weighted by molar-refractivity contribution is 6.35. The first-order valence-electron chi connectivity index (χ1n) is 4.58. The van der Waals surface area contributed by atoms with Crippen LogP contribution in [0.25, 0.3) is 0 Å². The van der Waals surface area contributed by atoms with E-state index < -0.39 is 11.7 Å². The molecule has 1 amide bonds. The van der Waals surface area contributed by atoms with Gasteiger partial charge in [0.15, 0.2) is 0 Å². The van der Waals surface area contributed by atoms with Gasteiger partial charge in [-0.1, -0.05) is 6.42 Å². The number of nitrogens with one attached hydrogen (secondary N) is 1. The molecule has 0 heterocycles. The van der Waals surface area contributed by atoms with Crippen molar-refractivity contribution in [2.24, 2.45) is 5.92 Å². The summed E-state index contributed by atoms with van der Waals surface area (Å²) in [6.45, 7) is 1.65. The van der Waals surface area contributed by atoms with Gasteiger partial charge in [-0.15, -0.1) is 0 Å². The van der Waals surface area contributed by atoms with Gasteiger partial charge in [0.25, 0.3) is 5.91 Å². The predicted octanol–water partition coefficient (Wildman–Crippen LogP) is -0.147. The second kappa shape index (κ2) is 4.37. The van der Waals surface area contributed by atoms with Crippen LogP contribution in [0.5, 0.6) is 0 Å². The molecule has 2 N–H and O–H groups in total. The van der Waals surface area contributed by atoms with E-state index in [4.69, 9.17) is 0 Å². The molecule has 2 atom stereocenters. The van der Waals surface area contributed by atoms with Gasteiger partial charge >= 0.3 is 0 Å². The maximum absolute atomic E-state index is 10.9. The maximum atomic E-state index is 10.9. The van der Waals surface area contributed by atoms with Gasteiger partial charge in [-0.2, -0.15) is 0 Å². The molecule has 0 spiro atoms. The zero-order valence-electron chi connectivity index (χ0n) is 7.75. The number of Topliss-reactive ketones (excluding diaryl/α,β-unsaturated/α-hetero) is 1. The normalized spacial score (nSPS) is 27.2. The van der Waals surface area contributed by atoms with Gasteiger partial charge in [0.2, 0.25) is 5.78 Å². The minimum atomic E-state index is -0.556. The van der Waals surface area contributed by atoms with Crippen molar-refractivity contribution < 1.29 is 14.7 Å². The van der Waals surface area contributed by atoms with E-state index >= 15 is 0 Å². The van der Waals surface area contributed by atoms with Crippen LogP contribution in [-0.4, -0.2) is 29.4 Å². The van der Waals surface area contributed by atoms with E-state index in [1.807, 2.05) is 0 Å². The Morgan fingerprint density at radius 3 is 2.62 bits per heavy atom. The van der Waals surface area contributed by atoms with Crippen molar-refractivity contribution in [2.45, 2.75) is 32.3 Å². The molecule has 0 aromatic heterocycles. The minimum absolute atomic E-state index is 0.128. The molecule has 1 fully saturated rings. The summed E-state index contributed by atoms with van der Waals surface area (Å²) in [5, 5.41) is 11.9. The number of hydrogen-bond donors (Lipinski definition) is 2. The molecule has 0 saturated heterocycles. The Hall–Kier alpha value is -0.900. The van der Waals surface area contributed by atoms with Crippen molar-refractivity contribution in [3.8, 4) is 0 Å². The quantitative estimate of drug-likeness (QED) is 0.601. The van der Waals surface area contributed by atoms with Crippen LogP contribution in [0.1, 0.15) is 26.2 Å². The first-order chi connectivity index (χ1) is 6.11. The Morgan fingerprint density at radius 2 is 2.15 bits per heavy atom. The molecule has 13 heavy (non-hydrogen) atoms. The summed E-state index contributed by atoms with van der Waals surface area (Å²) < 4.78 is 0. The molecule has 4 heteroatoms. The van der Waals surface area contributed by atoms with Crippen molar-refractivity contribution in [3.63, 3.8) is 0 Å². The minimum Gasteiger partial charge on any atom is -0.393 e. The number of carbonyl (C=O) groups excluding carboxylic acids is 2. The number of carbonyl (C=O) groups is 2. The first-order valence-corrected chi connectivity index (χ1v) is 4.58. The second-order valence-electron chi connectivity index (χ2n) is 3.52. The molecule has 0 aromatic rings. The topological polar surface area (TPSA) is 66.4 Å². The summed E-state index contributed by atoms with van der Waals surface area (Å²) in [4.78, 5) is 21.4. The molecular weight excluding hydrogens is 170 g/mol. The number of hydrogen-bond acceptors (Lipinski definition) is 3. The van der Waals surface area contributed by atoms with Crippen molar-refractivity contribution >= 4 is 11.7 Å². The van der Waals surface area contributed by atoms with Crippen LogP contribution in [0.3, 0.4) is 0 Å². The van der Waals surface area contributed by atoms with E-state index in [1.165, 1.54) is 6.92 Å². The highest BCUT2D eigenvalue weighted by Crippen LogP contribution is 2.24. The van der Waals surface area contributed by atoms with Gasteiger partial charge in [-0.25, -0.2) is 0 Å². The lowest BCUT2D eigenvalue weighted by Crippen LogP contribution is -2.35. The van der Waals surface area contributed by atoms with Crippen LogP contribution in [0.15, 0.2) is 0 Å². The fraction of sp³-hybridized carbons (Fsp3) is 0.778. The van der Waals surface area contributed by atoms with Crippen molar-refractivity contribution in [1.82, 2.24) is 5.32 Å². The van der Waals surface area contributed by atoms with Crippen molar-refractivity contribution in [1.29, 1.82) is 0 Å². The molecule has 74 valence electrons. The lowest BCUT2D eigenvalue weighted by atomic mass is 10.1. The second-order valence-corrected chi connectivity index (χ2v) is 3.52. The Kier molecular flexibility index (Phi) is 3.42. The Labute approximate surface area is 77.3 Å². The highest BCUT2D eigenvalue weighted by Gasteiger charge is 2.25. The Morgan fingerprint density at radius 1 is 1.46 bits per heavy atom. The number of amides is 1. The molecular formula is C9H15NO3. The zero-order chi connectivity index (χ0) is 9.84. The SMILES string of the molecule is CC(=O)C(=O)NCC1CCCC1O. The largest absolute Gasteiger partial charge is 0.393 e. The van der Waals surface area contributed by atoms with E-state index in [0.29, 0.717) is 6.54 Å². The third kappa shape index (κ3) is 2.81. The first kappa shape index (κ1) is 10.2. The summed E-state index contributed by atoms with van der Waals surface area (Å²) in [6, 6.07) is 0. The molecule has 1 aliphatic rings. The van der Waals surface area contributed by atoms with Crippen molar-refractivity contribution in [3.05, 3.63) is 0 Å². The van der Waals surface area contributed by atoms with E-state index in [0.717, 1.165) is 19.3 Å². The van der Waals surface area contributed by atoms with Crippen LogP contribution in [0.2, 0.25) is 0 Å². The molecule has 1 aliphatic carbocycles. The third-order valence-electron chi connectivity index (χ3n) is 2.46. The summed E-state index contributed by atoms with van der Waals surface area (Å²) in [6.07, 6.45) is 2.43. The zero-order valence-corrected chi connectivity index (χ0v) is 7.75. The molecule has 1 saturated carbocycles. The fourth-order valence-corrected chi connectivity index (χ4v) is 1.60. The number of aliphatic hydroxyl groups excluding tert-OH is 1. The molecule has 0 bridgehead atoms. The molecule has 1 rings (SSSR count). The lowest BCUT2D eigenvalue weighted by molar-refractivity contribution is -0.136. The molecule has 2 unspecified atom stereocenters. The van der Waals surface area contributed by atoms with Gasteiger partial charge in [0.1, 0.15) is 0 Å². The van der Waals surface area contributed by atoms with Crippen LogP contribution in [0.4, 0.5) is 0 Å². The lowest BCUT2D eigenvalue weighted by Gasteiger charge is -2.13. The Bertz CT molecular complexity index is 215. The predicted molar refractivity (Wildman–Crippen MR) is 47.0 cm³/mol. The summed E-state index contributed by atoms with van der Waals surface area (Å²) in [7, 11) is 0. The molecule has 0 aliphatic heterocycles. The van der Waals surface area contributed by atoms with E-state index in [2.05, 4.69) is 5.32 Å². The summed E-state index contributed by atoms with van der Waals surface area (Å²) in [5.41, 5.74) is 0. The van der Waals surface area contributed by atoms with Gasteiger partial charge in [0.05, 0.1) is 6.10 Å². The van der Waals surface area contributed by atoms with Gasteiger partial charge in [-0.05, 0) is 12.8 Å². The van der Waals surface area contributed by atoms with E-state index in [1.54, 1.807) is 0 Å². The monoisotopic (exact) mass is 185 g/mol. The Balaban J connectivity index is 2.26. The average Bonchev–Trinajstić information content (AvgIpc) is 2.47. The van der Waals surface area contributed by atoms with Crippen LogP contribution >= 0.6 is 0 Å². The van der Waals surface area contributed by atoms with E-state index in [-0.39, 0.29) is 12.0 Å². The smallest absolute Gasteiger partial charge is 0.287 e. The molecule has 4 nitrogen and oxygen atoms in total. The van der Waals surface area contributed by atoms with Crippen LogP contribution in [0, 0.1) is 5.92 Å². The third-order valence-corrected chi connectivity index (χ3v) is 2.46. The highest BCUT2D eigenvalue weighted by atomic mass is 16.3. The summed E-state index contributed by atoms with van der Waals surface area (Å²) >= 11 is 0. The standard InChI is InChI=1S/C9H15NO3/c1-6(11)9(13)10-5-7-3-2-4-8(7)12/h7-8,12H,2-5H2,1H3,(H,10,13). The van der Waals surface area contributed by atoms with Crippen molar-refractivity contribution in [2.75, 3.05) is 6.54 Å². The molecule has 0 aromatic carbocycles. The van der Waals surface area contributed by atoms with Gasteiger partial charge in [-0.3, -0.25) is 9.59 Å². The average molecular weight is 185 g/mol. The number of rotatable bonds is 3. The van der Waals surface area contributed by atoms with Crippen LogP contribution < -0.4 is 5.32 Å².